The molecule has 0 bridgehead atoms. The number of anilines is 2. The van der Waals surface area contributed by atoms with E-state index in [1.54, 1.807) is 35.2 Å². The Labute approximate surface area is 266 Å². The first-order valence-electron chi connectivity index (χ1n) is 12.7. The van der Waals surface area contributed by atoms with E-state index in [2.05, 4.69) is 20.9 Å². The van der Waals surface area contributed by atoms with Crippen LogP contribution in [0.5, 0.6) is 0 Å². The minimum Gasteiger partial charge on any atom is -0.423 e. The van der Waals surface area contributed by atoms with Crippen molar-refractivity contribution in [3.63, 3.8) is 0 Å². The molecule has 1 aromatic heterocycles. The van der Waals surface area contributed by atoms with E-state index in [0.29, 0.717) is 27.6 Å². The Kier molecular flexibility index (Phi) is 10.4. The number of halogens is 5. The first-order chi connectivity index (χ1) is 20.2. The Morgan fingerprint density at radius 2 is 1.65 bits per heavy atom. The van der Waals surface area contributed by atoms with Gasteiger partial charge in [0.2, 0.25) is 0 Å². The molecule has 4 aromatic rings. The van der Waals surface area contributed by atoms with Crippen molar-refractivity contribution in [1.82, 2.24) is 4.98 Å². The minimum absolute atomic E-state index is 0.0113. The summed E-state index contributed by atoms with van der Waals surface area (Å²) in [5.41, 5.74) is -2.80. The zero-order chi connectivity index (χ0) is 31.6. The number of rotatable bonds is 12. The molecule has 230 valence electrons. The first-order valence-corrected chi connectivity index (χ1v) is 17.7. The number of hydrogen-bond donors (Lipinski definition) is 0. The van der Waals surface area contributed by atoms with Crippen molar-refractivity contribution in [3.8, 4) is 11.3 Å². The van der Waals surface area contributed by atoms with E-state index in [4.69, 9.17) is 36.7 Å². The summed E-state index contributed by atoms with van der Waals surface area (Å²) in [6.07, 6.45) is 2.60. The zero-order valence-corrected chi connectivity index (χ0v) is 27.9. The number of hydrogen-bond acceptors (Lipinski definition) is 8. The molecule has 4 rings (SSSR count). The van der Waals surface area contributed by atoms with Crippen LogP contribution in [0.4, 0.5) is 20.5 Å². The van der Waals surface area contributed by atoms with E-state index in [0.717, 1.165) is 12.3 Å². The van der Waals surface area contributed by atoms with Crippen molar-refractivity contribution in [2.24, 2.45) is 0 Å². The highest BCUT2D eigenvalue weighted by Gasteiger charge is 2.55. The number of sulfone groups is 1. The highest BCUT2D eigenvalue weighted by molar-refractivity contribution is 9.10. The lowest BCUT2D eigenvalue weighted by Crippen LogP contribution is -2.20. The van der Waals surface area contributed by atoms with Gasteiger partial charge in [0.1, 0.15) is 0 Å². The summed E-state index contributed by atoms with van der Waals surface area (Å²) in [7, 11) is -8.19. The van der Waals surface area contributed by atoms with E-state index in [1.165, 1.54) is 44.3 Å². The molecule has 0 aliphatic rings. The third-order valence-electron chi connectivity index (χ3n) is 6.15. The summed E-state index contributed by atoms with van der Waals surface area (Å²) < 4.78 is 83.4. The van der Waals surface area contributed by atoms with Crippen molar-refractivity contribution in [2.75, 3.05) is 24.4 Å². The second-order valence-corrected chi connectivity index (χ2v) is 14.9. The average molecular weight is 738 g/mol. The Morgan fingerprint density at radius 1 is 1.00 bits per heavy atom. The molecule has 43 heavy (non-hydrogen) atoms. The monoisotopic (exact) mass is 736 g/mol. The van der Waals surface area contributed by atoms with Gasteiger partial charge in [0.15, 0.2) is 15.6 Å². The molecule has 0 fully saturated rings. The lowest BCUT2D eigenvalue weighted by Gasteiger charge is -2.27. The van der Waals surface area contributed by atoms with E-state index in [-0.39, 0.29) is 40.2 Å². The largest absolute Gasteiger partial charge is 0.423 e. The molecule has 1 heterocycles. The molecule has 0 aliphatic carbocycles. The van der Waals surface area contributed by atoms with Gasteiger partial charge in [-0.05, 0) is 67.9 Å². The molecule has 0 N–H and O–H groups in total. The van der Waals surface area contributed by atoms with Gasteiger partial charge in [-0.15, -0.1) is 0 Å². The molecule has 0 saturated carbocycles. The topological polar surface area (TPSA) is 98.9 Å². The molecule has 0 amide bonds. The molecule has 8 nitrogen and oxygen atoms in total. The van der Waals surface area contributed by atoms with Crippen LogP contribution in [0, 0.1) is 0 Å². The maximum absolute atomic E-state index is 15.5. The number of aromatic nitrogens is 1. The fraction of sp³-hybridized carbons (Fsp3) is 0.250. The standard InChI is InChI=1S/C28H26BrCl2F2N2O6PS/c1-4-39-42(36,40-5-2)28(32,33)22-12-6-18(14-23(22)29)17-35(20-9-13-24(30)25(31)15-20)27-34-16-26(41-27)19-7-10-21(11-8-19)43(3,37)38/h6-16H,4-5,17H2,1-3H3. The molecule has 15 heteroatoms. The van der Waals surface area contributed by atoms with Crippen molar-refractivity contribution in [3.05, 3.63) is 92.5 Å². The van der Waals surface area contributed by atoms with Crippen LogP contribution in [-0.4, -0.2) is 32.9 Å². The van der Waals surface area contributed by atoms with E-state index in [1.807, 2.05) is 0 Å². The van der Waals surface area contributed by atoms with Crippen LogP contribution in [0.15, 0.2) is 80.6 Å². The maximum Gasteiger partial charge on any atom is 0.404 e. The molecule has 0 spiro atoms. The van der Waals surface area contributed by atoms with E-state index >= 15 is 8.78 Å². The number of nitrogens with zero attached hydrogens (tertiary/aromatic N) is 2. The van der Waals surface area contributed by atoms with Crippen molar-refractivity contribution < 1.29 is 35.2 Å². The van der Waals surface area contributed by atoms with Gasteiger partial charge < -0.3 is 13.5 Å². The predicted molar refractivity (Wildman–Crippen MR) is 166 cm³/mol. The second-order valence-electron chi connectivity index (χ2n) is 9.18. The van der Waals surface area contributed by atoms with Crippen LogP contribution in [-0.2, 0) is 35.7 Å². The molecule has 0 saturated heterocycles. The molecular formula is C28H26BrCl2F2N2O6PS. The van der Waals surface area contributed by atoms with Gasteiger partial charge in [-0.25, -0.2) is 13.4 Å². The zero-order valence-electron chi connectivity index (χ0n) is 23.1. The molecule has 0 atom stereocenters. The van der Waals surface area contributed by atoms with Crippen molar-refractivity contribution in [1.29, 1.82) is 0 Å². The quantitative estimate of drug-likeness (QED) is 0.133. The molecule has 0 unspecified atom stereocenters. The third kappa shape index (κ3) is 7.33. The van der Waals surface area contributed by atoms with Crippen LogP contribution in [0.1, 0.15) is 25.0 Å². The van der Waals surface area contributed by atoms with E-state index in [9.17, 15) is 13.0 Å². The minimum atomic E-state index is -4.82. The van der Waals surface area contributed by atoms with Gasteiger partial charge in [-0.1, -0.05) is 51.3 Å². The first kappa shape index (κ1) is 33.6. The lowest BCUT2D eigenvalue weighted by molar-refractivity contribution is 0.0354. The van der Waals surface area contributed by atoms with Crippen LogP contribution < -0.4 is 4.90 Å². The van der Waals surface area contributed by atoms with Gasteiger partial charge in [0.25, 0.3) is 0 Å². The number of alkyl halides is 2. The SMILES string of the molecule is CCOP(=O)(OCC)C(F)(F)c1ccc(CN(c2ccc(Cl)c(Cl)c2)c2ncc(-c3ccc(S(C)(=O)=O)cc3)o2)cc1Br. The molecule has 0 radical (unpaired) electrons. The van der Waals surface area contributed by atoms with Crippen LogP contribution in [0.2, 0.25) is 10.0 Å². The lowest BCUT2D eigenvalue weighted by atomic mass is 10.1. The Balaban J connectivity index is 1.71. The molecular weight excluding hydrogens is 712 g/mol. The maximum atomic E-state index is 15.5. The Hall–Kier alpha value is -2.31. The van der Waals surface area contributed by atoms with Gasteiger partial charge in [-0.2, -0.15) is 8.78 Å². The smallest absolute Gasteiger partial charge is 0.404 e. The Bertz CT molecular complexity index is 1760. The highest BCUT2D eigenvalue weighted by Crippen LogP contribution is 2.67. The highest BCUT2D eigenvalue weighted by atomic mass is 79.9. The summed E-state index contributed by atoms with van der Waals surface area (Å²) in [5, 5.41) is 0.595. The van der Waals surface area contributed by atoms with Gasteiger partial charge in [-0.3, -0.25) is 9.46 Å². The average Bonchev–Trinajstić information content (AvgIpc) is 3.43. The second kappa shape index (κ2) is 13.4. The Morgan fingerprint density at radius 3 is 2.21 bits per heavy atom. The van der Waals surface area contributed by atoms with Crippen LogP contribution in [0.3, 0.4) is 0 Å². The van der Waals surface area contributed by atoms with Crippen molar-refractivity contribution in [2.45, 2.75) is 31.0 Å². The van der Waals surface area contributed by atoms with Crippen molar-refractivity contribution >= 4 is 68.3 Å². The number of oxazole rings is 1. The van der Waals surface area contributed by atoms with Gasteiger partial charge in [0.05, 0.1) is 40.9 Å². The summed E-state index contributed by atoms with van der Waals surface area (Å²) in [6, 6.07) is 15.2. The number of benzene rings is 3. The summed E-state index contributed by atoms with van der Waals surface area (Å²) in [4.78, 5) is 6.22. The van der Waals surface area contributed by atoms with Gasteiger partial charge >= 0.3 is 19.3 Å². The predicted octanol–water partition coefficient (Wildman–Crippen LogP) is 9.47. The molecule has 3 aromatic carbocycles. The summed E-state index contributed by atoms with van der Waals surface area (Å²) in [6.45, 7) is 2.55. The normalized spacial score (nSPS) is 12.5. The van der Waals surface area contributed by atoms with Gasteiger partial charge in [0, 0.05) is 27.5 Å². The third-order valence-corrected chi connectivity index (χ3v) is 10.8. The summed E-state index contributed by atoms with van der Waals surface area (Å²) >= 11 is 15.6. The fourth-order valence-corrected chi connectivity index (χ4v) is 7.40. The van der Waals surface area contributed by atoms with Crippen LogP contribution in [0.25, 0.3) is 11.3 Å². The molecule has 0 aliphatic heterocycles. The summed E-state index contributed by atoms with van der Waals surface area (Å²) in [5.74, 6) is 0.360. The fourth-order valence-electron chi connectivity index (χ4n) is 4.08. The van der Waals surface area contributed by atoms with Crippen LogP contribution >= 0.6 is 46.7 Å². The van der Waals surface area contributed by atoms with E-state index < -0.39 is 28.7 Å².